The molecule has 0 aliphatic heterocycles. The zero-order chi connectivity index (χ0) is 22.1. The molecule has 0 bridgehead atoms. The molecule has 0 saturated heterocycles. The molecule has 2 aromatic carbocycles. The number of hydrogen-bond donors (Lipinski definition) is 0. The summed E-state index contributed by atoms with van der Waals surface area (Å²) in [6, 6.07) is 9.86. The summed E-state index contributed by atoms with van der Waals surface area (Å²) in [5.74, 6) is -0.276. The molecule has 3 aromatic rings. The summed E-state index contributed by atoms with van der Waals surface area (Å²) in [7, 11) is 0.541. The molecule has 1 aromatic heterocycles. The molecule has 0 saturated carbocycles. The Morgan fingerprint density at radius 1 is 1.16 bits per heavy atom. The van der Waals surface area contributed by atoms with Crippen molar-refractivity contribution in [3.8, 4) is 0 Å². The Bertz CT molecular complexity index is 1190. The lowest BCUT2D eigenvalue weighted by atomic mass is 10.2. The summed E-state index contributed by atoms with van der Waals surface area (Å²) in [5.41, 5.74) is 1.96. The van der Waals surface area contributed by atoms with Gasteiger partial charge in [0.05, 0.1) is 15.1 Å². The van der Waals surface area contributed by atoms with Crippen molar-refractivity contribution < 1.29 is 13.2 Å². The van der Waals surface area contributed by atoms with Gasteiger partial charge < -0.3 is 4.90 Å². The number of thiazole rings is 1. The molecule has 0 radical (unpaired) electrons. The van der Waals surface area contributed by atoms with Crippen molar-refractivity contribution in [3.63, 3.8) is 0 Å². The van der Waals surface area contributed by atoms with Crippen LogP contribution in [-0.4, -0.2) is 57.6 Å². The second-order valence-electron chi connectivity index (χ2n) is 7.43. The highest BCUT2D eigenvalue weighted by molar-refractivity contribution is 7.90. The molecule has 168 valence electrons. The van der Waals surface area contributed by atoms with Crippen LogP contribution in [0.5, 0.6) is 0 Å². The number of nitrogens with zero attached hydrogens (tertiary/aromatic N) is 3. The van der Waals surface area contributed by atoms with Crippen LogP contribution in [0.2, 0.25) is 5.02 Å². The molecule has 0 aliphatic carbocycles. The first-order valence-corrected chi connectivity index (χ1v) is 12.5. The van der Waals surface area contributed by atoms with Gasteiger partial charge in [-0.1, -0.05) is 29.0 Å². The van der Waals surface area contributed by atoms with Crippen molar-refractivity contribution >= 4 is 66.4 Å². The van der Waals surface area contributed by atoms with Crippen LogP contribution in [0.15, 0.2) is 41.3 Å². The van der Waals surface area contributed by atoms with Crippen LogP contribution in [0.3, 0.4) is 0 Å². The maximum absolute atomic E-state index is 13.4. The normalized spacial score (nSPS) is 11.5. The van der Waals surface area contributed by atoms with Gasteiger partial charge in [-0.05, 0) is 69.9 Å². The lowest BCUT2D eigenvalue weighted by Gasteiger charge is -2.21. The molecule has 31 heavy (non-hydrogen) atoms. The van der Waals surface area contributed by atoms with E-state index in [1.165, 1.54) is 23.5 Å². The number of benzene rings is 2. The SMILES string of the molecule is Cc1c(Cl)ccc2sc(N(CCCN(C)C)C(=O)c3cccc(S(C)(=O)=O)c3)nc12.Cl. The third-order valence-electron chi connectivity index (χ3n) is 4.71. The maximum atomic E-state index is 13.4. The molecule has 1 amide bonds. The van der Waals surface area contributed by atoms with Gasteiger partial charge in [0.25, 0.3) is 5.91 Å². The fourth-order valence-electron chi connectivity index (χ4n) is 3.05. The highest BCUT2D eigenvalue weighted by atomic mass is 35.5. The second-order valence-corrected chi connectivity index (χ2v) is 10.9. The van der Waals surface area contributed by atoms with Crippen LogP contribution in [0, 0.1) is 6.92 Å². The average molecular weight is 502 g/mol. The zero-order valence-electron chi connectivity index (χ0n) is 17.8. The number of carbonyl (C=O) groups is 1. The molecule has 0 atom stereocenters. The number of amides is 1. The number of carbonyl (C=O) groups excluding carboxylic acids is 1. The van der Waals surface area contributed by atoms with E-state index in [0.29, 0.717) is 22.3 Å². The topological polar surface area (TPSA) is 70.6 Å². The molecule has 0 spiro atoms. The number of rotatable bonds is 7. The van der Waals surface area contributed by atoms with E-state index < -0.39 is 9.84 Å². The Balaban J connectivity index is 0.00000341. The van der Waals surface area contributed by atoms with E-state index in [1.807, 2.05) is 33.2 Å². The first-order valence-electron chi connectivity index (χ1n) is 9.40. The molecule has 0 N–H and O–H groups in total. The van der Waals surface area contributed by atoms with Crippen LogP contribution in [0.25, 0.3) is 10.2 Å². The first-order chi connectivity index (χ1) is 14.1. The predicted molar refractivity (Wildman–Crippen MR) is 131 cm³/mol. The van der Waals surface area contributed by atoms with Crippen LogP contribution in [0.4, 0.5) is 5.13 Å². The van der Waals surface area contributed by atoms with Gasteiger partial charge in [0, 0.05) is 23.4 Å². The minimum atomic E-state index is -3.41. The summed E-state index contributed by atoms with van der Waals surface area (Å²) < 4.78 is 24.8. The summed E-state index contributed by atoms with van der Waals surface area (Å²) in [6.45, 7) is 3.18. The zero-order valence-corrected chi connectivity index (χ0v) is 21.0. The van der Waals surface area contributed by atoms with Gasteiger partial charge in [-0.25, -0.2) is 13.4 Å². The third kappa shape index (κ3) is 5.96. The van der Waals surface area contributed by atoms with E-state index in [0.717, 1.165) is 35.0 Å². The number of aromatic nitrogens is 1. The second kappa shape index (κ2) is 10.3. The Kier molecular flexibility index (Phi) is 8.47. The molecular formula is C21H25Cl2N3O3S2. The largest absolute Gasteiger partial charge is 0.309 e. The van der Waals surface area contributed by atoms with Gasteiger partial charge in [-0.3, -0.25) is 9.69 Å². The minimum Gasteiger partial charge on any atom is -0.309 e. The molecule has 3 rings (SSSR count). The summed E-state index contributed by atoms with van der Waals surface area (Å²) in [4.78, 5) is 21.9. The van der Waals surface area contributed by atoms with E-state index in [9.17, 15) is 13.2 Å². The van der Waals surface area contributed by atoms with E-state index in [4.69, 9.17) is 16.6 Å². The van der Waals surface area contributed by atoms with Gasteiger partial charge in [0.15, 0.2) is 15.0 Å². The molecule has 0 fully saturated rings. The van der Waals surface area contributed by atoms with E-state index >= 15 is 0 Å². The average Bonchev–Trinajstić information content (AvgIpc) is 3.11. The van der Waals surface area contributed by atoms with Gasteiger partial charge in [-0.2, -0.15) is 0 Å². The van der Waals surface area contributed by atoms with Crippen LogP contribution < -0.4 is 4.90 Å². The predicted octanol–water partition coefficient (Wildman–Crippen LogP) is 4.68. The van der Waals surface area contributed by atoms with Crippen LogP contribution >= 0.6 is 35.3 Å². The Labute approximate surface area is 198 Å². The standard InChI is InChI=1S/C21H24ClN3O3S2.ClH/c1-14-17(22)9-10-18-19(14)23-21(29-18)25(12-6-11-24(2)3)20(26)15-7-5-8-16(13-15)30(4,27)28;/h5,7-10,13H,6,11-12H2,1-4H3;1H. The molecule has 6 nitrogen and oxygen atoms in total. The van der Waals surface area contributed by atoms with Crippen molar-refractivity contribution in [2.75, 3.05) is 38.3 Å². The smallest absolute Gasteiger partial charge is 0.260 e. The van der Waals surface area contributed by atoms with E-state index in [-0.39, 0.29) is 23.2 Å². The monoisotopic (exact) mass is 501 g/mol. The van der Waals surface area contributed by atoms with Crippen molar-refractivity contribution in [3.05, 3.63) is 52.5 Å². The Morgan fingerprint density at radius 2 is 1.87 bits per heavy atom. The number of halogens is 2. The number of sulfone groups is 1. The highest BCUT2D eigenvalue weighted by Crippen LogP contribution is 2.34. The summed E-state index contributed by atoms with van der Waals surface area (Å²) in [5, 5.41) is 1.20. The van der Waals surface area contributed by atoms with Gasteiger partial charge in [0.2, 0.25) is 0 Å². The molecular weight excluding hydrogens is 477 g/mol. The fraction of sp³-hybridized carbons (Fsp3) is 0.333. The van der Waals surface area contributed by atoms with Gasteiger partial charge in [0.1, 0.15) is 0 Å². The highest BCUT2D eigenvalue weighted by Gasteiger charge is 2.23. The van der Waals surface area contributed by atoms with Gasteiger partial charge >= 0.3 is 0 Å². The lowest BCUT2D eigenvalue weighted by Crippen LogP contribution is -2.33. The van der Waals surface area contributed by atoms with Crippen molar-refractivity contribution in [2.45, 2.75) is 18.2 Å². The van der Waals surface area contributed by atoms with Crippen LogP contribution in [0.1, 0.15) is 22.3 Å². The number of hydrogen-bond acceptors (Lipinski definition) is 6. The minimum absolute atomic E-state index is 0. The summed E-state index contributed by atoms with van der Waals surface area (Å²) in [6.07, 6.45) is 1.88. The first kappa shape index (κ1) is 25.5. The van der Waals surface area contributed by atoms with Crippen molar-refractivity contribution in [1.82, 2.24) is 9.88 Å². The van der Waals surface area contributed by atoms with Crippen molar-refractivity contribution in [2.24, 2.45) is 0 Å². The van der Waals surface area contributed by atoms with E-state index in [1.54, 1.807) is 17.0 Å². The summed E-state index contributed by atoms with van der Waals surface area (Å²) >= 11 is 7.66. The quantitative estimate of drug-likeness (QED) is 0.469. The number of fused-ring (bicyclic) bond motifs is 1. The number of anilines is 1. The molecule has 0 unspecified atom stereocenters. The number of aryl methyl sites for hydroxylation is 1. The van der Waals surface area contributed by atoms with Crippen molar-refractivity contribution in [1.29, 1.82) is 0 Å². The maximum Gasteiger partial charge on any atom is 0.260 e. The molecule has 1 heterocycles. The van der Waals surface area contributed by atoms with Crippen LogP contribution in [-0.2, 0) is 9.84 Å². The Morgan fingerprint density at radius 3 is 2.52 bits per heavy atom. The third-order valence-corrected chi connectivity index (χ3v) is 7.27. The Hall–Kier alpha value is -1.71. The molecule has 10 heteroatoms. The molecule has 0 aliphatic rings. The van der Waals surface area contributed by atoms with Gasteiger partial charge in [-0.15, -0.1) is 12.4 Å². The lowest BCUT2D eigenvalue weighted by molar-refractivity contribution is 0.0986. The van der Waals surface area contributed by atoms with E-state index in [2.05, 4.69) is 4.90 Å². The fourth-order valence-corrected chi connectivity index (χ4v) is 4.92.